The lowest BCUT2D eigenvalue weighted by Crippen LogP contribution is -2.43. The molecule has 2 atom stereocenters. The minimum Gasteiger partial charge on any atom is -0.469 e. The van der Waals surface area contributed by atoms with Crippen LogP contribution in [0.2, 0.25) is 0 Å². The van der Waals surface area contributed by atoms with Crippen molar-refractivity contribution in [2.24, 2.45) is 16.8 Å². The third kappa shape index (κ3) is 5.64. The first-order valence-corrected chi connectivity index (χ1v) is 10.5. The first-order valence-electron chi connectivity index (χ1n) is 8.97. The average Bonchev–Trinajstić information content (AvgIpc) is 3.08. The zero-order valence-electron chi connectivity index (χ0n) is 16.5. The van der Waals surface area contributed by atoms with Crippen LogP contribution in [0.1, 0.15) is 6.92 Å². The molecule has 160 valence electrons. The topological polar surface area (TPSA) is 143 Å². The number of rotatable bonds is 7. The molecule has 0 aromatic heterocycles. The number of aliphatic imine (C=N–C) groups is 1. The van der Waals surface area contributed by atoms with Crippen molar-refractivity contribution in [2.45, 2.75) is 11.8 Å². The van der Waals surface area contributed by atoms with Gasteiger partial charge in [0.15, 0.2) is 5.96 Å². The SMILES string of the molecule is CN=C(NCCNS(=O)(=O)c1cccc([N+](=O)[O-])c1)N1CC(C)C(C(=O)OC)C1. The monoisotopic (exact) mass is 427 g/mol. The van der Waals surface area contributed by atoms with E-state index in [-0.39, 0.29) is 41.5 Å². The number of hydrogen-bond donors (Lipinski definition) is 2. The van der Waals surface area contributed by atoms with Crippen LogP contribution in [0.3, 0.4) is 0 Å². The van der Waals surface area contributed by atoms with Gasteiger partial charge in [0.2, 0.25) is 10.0 Å². The fraction of sp³-hybridized carbons (Fsp3) is 0.529. The largest absolute Gasteiger partial charge is 0.469 e. The van der Waals surface area contributed by atoms with Crippen LogP contribution in [0, 0.1) is 22.0 Å². The second kappa shape index (κ2) is 9.65. The quantitative estimate of drug-likeness (QED) is 0.157. The molecule has 1 saturated heterocycles. The Kier molecular flexibility index (Phi) is 7.51. The number of esters is 1. The minimum absolute atomic E-state index is 0.0495. The molecule has 1 fully saturated rings. The van der Waals surface area contributed by atoms with Gasteiger partial charge in [-0.05, 0) is 12.0 Å². The lowest BCUT2D eigenvalue weighted by molar-refractivity contribution is -0.385. The standard InChI is InChI=1S/C17H25N5O6S/c1-12-10-21(11-15(12)16(23)28-3)17(18-2)19-7-8-20-29(26,27)14-6-4-5-13(9-14)22(24)25/h4-6,9,12,15,20H,7-8,10-11H2,1-3H3,(H,18,19). The molecular weight excluding hydrogens is 402 g/mol. The van der Waals surface area contributed by atoms with E-state index in [1.165, 1.54) is 25.3 Å². The van der Waals surface area contributed by atoms with Crippen LogP contribution >= 0.6 is 0 Å². The molecule has 2 unspecified atom stereocenters. The number of ether oxygens (including phenoxy) is 1. The number of carbonyl (C=O) groups is 1. The minimum atomic E-state index is -3.88. The Morgan fingerprint density at radius 1 is 1.38 bits per heavy atom. The van der Waals surface area contributed by atoms with Gasteiger partial charge in [-0.15, -0.1) is 0 Å². The highest BCUT2D eigenvalue weighted by Gasteiger charge is 2.36. The molecule has 1 aromatic rings. The van der Waals surface area contributed by atoms with Crippen molar-refractivity contribution in [1.29, 1.82) is 0 Å². The van der Waals surface area contributed by atoms with E-state index in [4.69, 9.17) is 4.74 Å². The Hall–Kier alpha value is -2.73. The van der Waals surface area contributed by atoms with Gasteiger partial charge in [-0.25, -0.2) is 13.1 Å². The van der Waals surface area contributed by atoms with E-state index in [9.17, 15) is 23.3 Å². The van der Waals surface area contributed by atoms with Crippen molar-refractivity contribution in [3.8, 4) is 0 Å². The second-order valence-corrected chi connectivity index (χ2v) is 8.41. The van der Waals surface area contributed by atoms with Gasteiger partial charge in [-0.3, -0.25) is 19.9 Å². The van der Waals surface area contributed by atoms with Gasteiger partial charge in [-0.2, -0.15) is 0 Å². The summed E-state index contributed by atoms with van der Waals surface area (Å²) in [7, 11) is -0.919. The van der Waals surface area contributed by atoms with Gasteiger partial charge in [-0.1, -0.05) is 13.0 Å². The first-order chi connectivity index (χ1) is 13.7. The van der Waals surface area contributed by atoms with Gasteiger partial charge in [0.25, 0.3) is 5.69 Å². The molecule has 11 nitrogen and oxygen atoms in total. The smallest absolute Gasteiger partial charge is 0.310 e. The summed E-state index contributed by atoms with van der Waals surface area (Å²) in [6, 6.07) is 4.84. The number of sulfonamides is 1. The van der Waals surface area contributed by atoms with E-state index < -0.39 is 14.9 Å². The van der Waals surface area contributed by atoms with E-state index in [0.29, 0.717) is 19.0 Å². The number of nitro benzene ring substituents is 1. The molecular formula is C17H25N5O6S. The summed E-state index contributed by atoms with van der Waals surface area (Å²) >= 11 is 0. The zero-order chi connectivity index (χ0) is 21.6. The van der Waals surface area contributed by atoms with Crippen LogP contribution in [0.4, 0.5) is 5.69 Å². The number of nitro groups is 1. The molecule has 2 rings (SSSR count). The number of nitrogens with one attached hydrogen (secondary N) is 2. The Morgan fingerprint density at radius 3 is 2.72 bits per heavy atom. The summed E-state index contributed by atoms with van der Waals surface area (Å²) in [6.07, 6.45) is 0. The Bertz CT molecular complexity index is 888. The highest BCUT2D eigenvalue weighted by molar-refractivity contribution is 7.89. The molecule has 0 aliphatic carbocycles. The maximum Gasteiger partial charge on any atom is 0.310 e. The maximum absolute atomic E-state index is 12.3. The van der Waals surface area contributed by atoms with E-state index in [2.05, 4.69) is 15.0 Å². The molecule has 0 saturated carbocycles. The highest BCUT2D eigenvalue weighted by Crippen LogP contribution is 2.24. The molecule has 1 heterocycles. The summed E-state index contributed by atoms with van der Waals surface area (Å²) in [4.78, 5) is 27.9. The lowest BCUT2D eigenvalue weighted by atomic mass is 9.99. The predicted molar refractivity (Wildman–Crippen MR) is 106 cm³/mol. The molecule has 12 heteroatoms. The Labute approximate surface area is 169 Å². The number of carbonyl (C=O) groups excluding carboxylic acids is 1. The van der Waals surface area contributed by atoms with Gasteiger partial charge in [0.1, 0.15) is 0 Å². The summed E-state index contributed by atoms with van der Waals surface area (Å²) in [5.41, 5.74) is -0.297. The van der Waals surface area contributed by atoms with Crippen molar-refractivity contribution in [3.05, 3.63) is 34.4 Å². The van der Waals surface area contributed by atoms with Crippen LogP contribution in [0.15, 0.2) is 34.2 Å². The van der Waals surface area contributed by atoms with E-state index >= 15 is 0 Å². The Balaban J connectivity index is 1.90. The number of nitrogens with zero attached hydrogens (tertiary/aromatic N) is 3. The second-order valence-electron chi connectivity index (χ2n) is 6.64. The molecule has 1 aliphatic heterocycles. The van der Waals surface area contributed by atoms with Gasteiger partial charge >= 0.3 is 5.97 Å². The third-order valence-electron chi connectivity index (χ3n) is 4.67. The molecule has 1 aromatic carbocycles. The normalized spacial score (nSPS) is 19.8. The van der Waals surface area contributed by atoms with Crippen LogP contribution in [-0.2, 0) is 19.6 Å². The molecule has 1 aliphatic rings. The van der Waals surface area contributed by atoms with Crippen LogP contribution < -0.4 is 10.0 Å². The fourth-order valence-electron chi connectivity index (χ4n) is 3.14. The van der Waals surface area contributed by atoms with E-state index in [1.54, 1.807) is 7.05 Å². The average molecular weight is 427 g/mol. The van der Waals surface area contributed by atoms with Crippen LogP contribution in [0.25, 0.3) is 0 Å². The molecule has 0 spiro atoms. The van der Waals surface area contributed by atoms with Crippen LogP contribution in [0.5, 0.6) is 0 Å². The number of non-ortho nitro benzene ring substituents is 1. The number of methoxy groups -OCH3 is 1. The van der Waals surface area contributed by atoms with Crippen molar-refractivity contribution >= 4 is 27.6 Å². The Morgan fingerprint density at radius 2 is 2.10 bits per heavy atom. The molecule has 0 amide bonds. The molecule has 29 heavy (non-hydrogen) atoms. The van der Waals surface area contributed by atoms with Crippen molar-refractivity contribution in [3.63, 3.8) is 0 Å². The summed E-state index contributed by atoms with van der Waals surface area (Å²) < 4.78 is 31.9. The first kappa shape index (κ1) is 22.6. The fourth-order valence-corrected chi connectivity index (χ4v) is 4.21. The number of hydrogen-bond acceptors (Lipinski definition) is 7. The number of likely N-dealkylation sites (tertiary alicyclic amines) is 1. The van der Waals surface area contributed by atoms with Crippen LogP contribution in [-0.4, -0.2) is 70.5 Å². The molecule has 0 bridgehead atoms. The molecule has 0 radical (unpaired) electrons. The third-order valence-corrected chi connectivity index (χ3v) is 6.13. The highest BCUT2D eigenvalue weighted by atomic mass is 32.2. The van der Waals surface area contributed by atoms with Crippen molar-refractivity contribution in [2.75, 3.05) is 40.3 Å². The molecule has 2 N–H and O–H groups in total. The number of guanidine groups is 1. The van der Waals surface area contributed by atoms with Gasteiger partial charge in [0.05, 0.1) is 22.8 Å². The van der Waals surface area contributed by atoms with Gasteiger partial charge in [0, 0.05) is 45.4 Å². The predicted octanol–water partition coefficient (Wildman–Crippen LogP) is 0.189. The summed E-state index contributed by atoms with van der Waals surface area (Å²) in [6.45, 7) is 3.34. The van der Waals surface area contributed by atoms with Gasteiger partial charge < -0.3 is 15.0 Å². The lowest BCUT2D eigenvalue weighted by Gasteiger charge is -2.21. The summed E-state index contributed by atoms with van der Waals surface area (Å²) in [5.74, 6) is 0.150. The van der Waals surface area contributed by atoms with Crippen molar-refractivity contribution in [1.82, 2.24) is 14.9 Å². The maximum atomic E-state index is 12.3. The van der Waals surface area contributed by atoms with E-state index in [1.807, 2.05) is 11.8 Å². The van der Waals surface area contributed by atoms with Crippen molar-refractivity contribution < 1.29 is 22.9 Å². The zero-order valence-corrected chi connectivity index (χ0v) is 17.3. The van der Waals surface area contributed by atoms with E-state index in [0.717, 1.165) is 6.07 Å². The summed E-state index contributed by atoms with van der Waals surface area (Å²) in [5, 5.41) is 13.9. The number of benzene rings is 1.